The smallest absolute Gasteiger partial charge is 0.113 e. The van der Waals surface area contributed by atoms with E-state index in [4.69, 9.17) is 0 Å². The first-order valence-electron chi connectivity index (χ1n) is 3.24. The van der Waals surface area contributed by atoms with Gasteiger partial charge in [0.1, 0.15) is 6.04 Å². The highest BCUT2D eigenvalue weighted by atomic mass is 15.6. The molecule has 0 aromatic heterocycles. The summed E-state index contributed by atoms with van der Waals surface area (Å²) >= 11 is 0. The lowest BCUT2D eigenvalue weighted by molar-refractivity contribution is 0.390. The van der Waals surface area contributed by atoms with Gasteiger partial charge in [-0.25, -0.2) is 5.01 Å². The largest absolute Gasteiger partial charge is 0.262 e. The van der Waals surface area contributed by atoms with Crippen LogP contribution in [0.1, 0.15) is 6.92 Å². The van der Waals surface area contributed by atoms with Crippen LogP contribution < -0.4 is 0 Å². The Labute approximate surface area is 58.9 Å². The van der Waals surface area contributed by atoms with Crippen molar-refractivity contribution in [3.8, 4) is 0 Å². The first-order chi connectivity index (χ1) is 4.88. The molecule has 52 valence electrons. The Balaban J connectivity index is 2.29. The first kappa shape index (κ1) is 5.58. The van der Waals surface area contributed by atoms with Gasteiger partial charge in [0.2, 0.25) is 0 Å². The normalized spacial score (nSPS) is 28.7. The molecule has 1 atom stereocenters. The molecule has 2 aliphatic rings. The number of nitrogens with zero attached hydrogens (tertiary/aromatic N) is 4. The zero-order chi connectivity index (χ0) is 6.97. The van der Waals surface area contributed by atoms with Crippen LogP contribution in [0.2, 0.25) is 0 Å². The second-order valence-corrected chi connectivity index (χ2v) is 2.38. The third-order valence-electron chi connectivity index (χ3n) is 1.72. The van der Waals surface area contributed by atoms with E-state index in [0.717, 1.165) is 12.3 Å². The van der Waals surface area contributed by atoms with Crippen LogP contribution in [0.5, 0.6) is 0 Å². The van der Waals surface area contributed by atoms with Gasteiger partial charge >= 0.3 is 0 Å². The maximum atomic E-state index is 4.15. The standard InChI is InChI=1S/C6H8N4/c1-5-6-4-8-9-10(6)3-2-7-5/h2-3,6H,4H2,1H3. The van der Waals surface area contributed by atoms with Crippen LogP contribution in [0.4, 0.5) is 0 Å². The Kier molecular flexibility index (Phi) is 1.06. The van der Waals surface area contributed by atoms with Gasteiger partial charge < -0.3 is 0 Å². The molecule has 0 aliphatic carbocycles. The fourth-order valence-electron chi connectivity index (χ4n) is 1.10. The van der Waals surface area contributed by atoms with Crippen LogP contribution in [0, 0.1) is 0 Å². The van der Waals surface area contributed by atoms with Crippen LogP contribution in [0.25, 0.3) is 0 Å². The lowest BCUT2D eigenvalue weighted by atomic mass is 10.2. The van der Waals surface area contributed by atoms with Gasteiger partial charge in [0.25, 0.3) is 0 Å². The van der Waals surface area contributed by atoms with Crippen molar-refractivity contribution >= 4 is 5.71 Å². The van der Waals surface area contributed by atoms with Gasteiger partial charge in [-0.15, -0.1) is 0 Å². The molecular formula is C6H8N4. The zero-order valence-electron chi connectivity index (χ0n) is 5.73. The van der Waals surface area contributed by atoms with E-state index in [1.807, 2.05) is 18.1 Å². The summed E-state index contributed by atoms with van der Waals surface area (Å²) in [4.78, 5) is 4.15. The van der Waals surface area contributed by atoms with Crippen LogP contribution in [-0.4, -0.2) is 23.3 Å². The van der Waals surface area contributed by atoms with E-state index in [1.165, 1.54) is 0 Å². The zero-order valence-corrected chi connectivity index (χ0v) is 5.73. The van der Waals surface area contributed by atoms with Crippen LogP contribution in [0.15, 0.2) is 27.7 Å². The van der Waals surface area contributed by atoms with Crippen LogP contribution in [-0.2, 0) is 0 Å². The highest BCUT2D eigenvalue weighted by molar-refractivity contribution is 5.88. The summed E-state index contributed by atoms with van der Waals surface area (Å²) in [6.07, 6.45) is 3.59. The van der Waals surface area contributed by atoms with Gasteiger partial charge in [0.15, 0.2) is 0 Å². The topological polar surface area (TPSA) is 40.3 Å². The average molecular weight is 136 g/mol. The SMILES string of the molecule is CC1=NC=CN2N=NCC12. The molecule has 4 nitrogen and oxygen atoms in total. The second-order valence-electron chi connectivity index (χ2n) is 2.38. The predicted octanol–water partition coefficient (Wildman–Crippen LogP) is 0.984. The summed E-state index contributed by atoms with van der Waals surface area (Å²) in [5.74, 6) is 0. The Morgan fingerprint density at radius 3 is 3.40 bits per heavy atom. The van der Waals surface area contributed by atoms with Crippen molar-refractivity contribution in [2.75, 3.05) is 6.54 Å². The maximum absolute atomic E-state index is 4.15. The Morgan fingerprint density at radius 1 is 1.70 bits per heavy atom. The van der Waals surface area contributed by atoms with Crippen LogP contribution in [0.3, 0.4) is 0 Å². The molecule has 0 saturated heterocycles. The van der Waals surface area contributed by atoms with Crippen molar-refractivity contribution < 1.29 is 0 Å². The highest BCUT2D eigenvalue weighted by Crippen LogP contribution is 2.15. The third-order valence-corrected chi connectivity index (χ3v) is 1.72. The Hall–Kier alpha value is -1.19. The molecule has 0 aromatic carbocycles. The van der Waals surface area contributed by atoms with Crippen LogP contribution >= 0.6 is 0 Å². The fraction of sp³-hybridized carbons (Fsp3) is 0.500. The van der Waals surface area contributed by atoms with Gasteiger partial charge in [-0.1, -0.05) is 5.22 Å². The Morgan fingerprint density at radius 2 is 2.60 bits per heavy atom. The molecule has 2 heterocycles. The molecule has 0 fully saturated rings. The summed E-state index contributed by atoms with van der Waals surface area (Å²) in [7, 11) is 0. The van der Waals surface area contributed by atoms with Gasteiger partial charge in [0.05, 0.1) is 6.54 Å². The number of fused-ring (bicyclic) bond motifs is 1. The fourth-order valence-corrected chi connectivity index (χ4v) is 1.10. The molecule has 0 radical (unpaired) electrons. The molecule has 0 spiro atoms. The highest BCUT2D eigenvalue weighted by Gasteiger charge is 2.24. The minimum atomic E-state index is 0.296. The Bertz CT molecular complexity index is 228. The molecule has 10 heavy (non-hydrogen) atoms. The van der Waals surface area contributed by atoms with Crippen molar-refractivity contribution in [3.05, 3.63) is 12.4 Å². The number of aliphatic imine (C=N–C) groups is 1. The minimum absolute atomic E-state index is 0.296. The molecule has 0 amide bonds. The molecule has 0 aromatic rings. The van der Waals surface area contributed by atoms with Crippen molar-refractivity contribution in [1.82, 2.24) is 5.01 Å². The molecule has 1 unspecified atom stereocenters. The summed E-state index contributed by atoms with van der Waals surface area (Å²) in [5.41, 5.74) is 1.09. The molecule has 4 heteroatoms. The lowest BCUT2D eigenvalue weighted by Crippen LogP contribution is -2.33. The van der Waals surface area contributed by atoms with Crippen molar-refractivity contribution in [1.29, 1.82) is 0 Å². The van der Waals surface area contributed by atoms with E-state index in [2.05, 4.69) is 15.3 Å². The second kappa shape index (κ2) is 1.90. The molecule has 2 rings (SSSR count). The number of hydrogen-bond acceptors (Lipinski definition) is 4. The number of hydrogen-bond donors (Lipinski definition) is 0. The van der Waals surface area contributed by atoms with E-state index in [-0.39, 0.29) is 0 Å². The third kappa shape index (κ3) is 0.650. The van der Waals surface area contributed by atoms with Crippen molar-refractivity contribution in [2.24, 2.45) is 15.3 Å². The quantitative estimate of drug-likeness (QED) is 0.489. The van der Waals surface area contributed by atoms with Gasteiger partial charge in [-0.2, -0.15) is 5.11 Å². The maximum Gasteiger partial charge on any atom is 0.113 e. The van der Waals surface area contributed by atoms with E-state index in [1.54, 1.807) is 6.20 Å². The van der Waals surface area contributed by atoms with E-state index < -0.39 is 0 Å². The summed E-state index contributed by atoms with van der Waals surface area (Å²) in [6, 6.07) is 0.296. The number of rotatable bonds is 0. The minimum Gasteiger partial charge on any atom is -0.262 e. The summed E-state index contributed by atoms with van der Waals surface area (Å²) in [5, 5.41) is 9.63. The van der Waals surface area contributed by atoms with E-state index >= 15 is 0 Å². The average Bonchev–Trinajstić information content (AvgIpc) is 2.36. The van der Waals surface area contributed by atoms with Gasteiger partial charge in [-0.05, 0) is 6.92 Å². The van der Waals surface area contributed by atoms with Gasteiger partial charge in [0, 0.05) is 18.1 Å². The lowest BCUT2D eigenvalue weighted by Gasteiger charge is -2.19. The van der Waals surface area contributed by atoms with Crippen molar-refractivity contribution in [2.45, 2.75) is 13.0 Å². The molecular weight excluding hydrogens is 128 g/mol. The summed E-state index contributed by atoms with van der Waals surface area (Å²) < 4.78 is 0. The van der Waals surface area contributed by atoms with E-state index in [0.29, 0.717) is 6.04 Å². The summed E-state index contributed by atoms with van der Waals surface area (Å²) in [6.45, 7) is 2.75. The predicted molar refractivity (Wildman–Crippen MR) is 37.6 cm³/mol. The molecule has 0 saturated carbocycles. The van der Waals surface area contributed by atoms with Crippen molar-refractivity contribution in [3.63, 3.8) is 0 Å². The molecule has 2 aliphatic heterocycles. The van der Waals surface area contributed by atoms with E-state index in [9.17, 15) is 0 Å². The monoisotopic (exact) mass is 136 g/mol. The first-order valence-corrected chi connectivity index (χ1v) is 3.24. The van der Waals surface area contributed by atoms with Gasteiger partial charge in [-0.3, -0.25) is 4.99 Å². The molecule has 0 bridgehead atoms. The molecule has 0 N–H and O–H groups in total.